The van der Waals surface area contributed by atoms with Crippen LogP contribution in [0.4, 0.5) is 4.79 Å². The summed E-state index contributed by atoms with van der Waals surface area (Å²) in [4.78, 5) is 28.2. The second-order valence-corrected chi connectivity index (χ2v) is 7.81. The van der Waals surface area contributed by atoms with Crippen molar-refractivity contribution in [1.29, 1.82) is 0 Å². The standard InChI is InChI=1S/C22H33N3O4/c1-3-29-22(27)24-13-10-19(11-14-24)23-18-6-9-21(26)25(15-12-18)16-17-4-7-20(28-2)8-5-17/h4-5,7-8,18-19,23H,3,6,9-16H2,1-2H3/t18-/m0/s1. The highest BCUT2D eigenvalue weighted by Crippen LogP contribution is 2.19. The molecule has 160 valence electrons. The summed E-state index contributed by atoms with van der Waals surface area (Å²) in [5, 5.41) is 3.74. The molecule has 0 aliphatic carbocycles. The number of amides is 2. The van der Waals surface area contributed by atoms with Gasteiger partial charge in [-0.15, -0.1) is 0 Å². The van der Waals surface area contributed by atoms with Crippen molar-refractivity contribution in [3.63, 3.8) is 0 Å². The number of benzene rings is 1. The number of carbonyl (C=O) groups excluding carboxylic acids is 2. The van der Waals surface area contributed by atoms with E-state index in [-0.39, 0.29) is 12.0 Å². The lowest BCUT2D eigenvalue weighted by Crippen LogP contribution is -2.48. The van der Waals surface area contributed by atoms with Crippen molar-refractivity contribution in [2.45, 2.75) is 57.7 Å². The molecule has 0 saturated carbocycles. The molecule has 1 aromatic carbocycles. The fourth-order valence-corrected chi connectivity index (χ4v) is 4.10. The third kappa shape index (κ3) is 6.10. The molecule has 1 aromatic rings. The van der Waals surface area contributed by atoms with Gasteiger partial charge in [0.1, 0.15) is 5.75 Å². The fraction of sp³-hybridized carbons (Fsp3) is 0.636. The lowest BCUT2D eigenvalue weighted by Gasteiger charge is -2.33. The Kier molecular flexibility index (Phi) is 7.75. The molecule has 7 nitrogen and oxygen atoms in total. The quantitative estimate of drug-likeness (QED) is 0.791. The molecule has 7 heteroatoms. The van der Waals surface area contributed by atoms with Gasteiger partial charge in [-0.2, -0.15) is 0 Å². The second kappa shape index (κ2) is 10.5. The van der Waals surface area contributed by atoms with Gasteiger partial charge in [-0.3, -0.25) is 4.79 Å². The number of methoxy groups -OCH3 is 1. The number of piperidine rings is 1. The molecule has 1 atom stereocenters. The summed E-state index contributed by atoms with van der Waals surface area (Å²) in [7, 11) is 1.65. The topological polar surface area (TPSA) is 71.1 Å². The molecular formula is C22H33N3O4. The lowest BCUT2D eigenvalue weighted by atomic mass is 10.0. The van der Waals surface area contributed by atoms with Gasteiger partial charge in [0.05, 0.1) is 13.7 Å². The van der Waals surface area contributed by atoms with Crippen molar-refractivity contribution >= 4 is 12.0 Å². The fourth-order valence-electron chi connectivity index (χ4n) is 4.10. The second-order valence-electron chi connectivity index (χ2n) is 7.81. The lowest BCUT2D eigenvalue weighted by molar-refractivity contribution is -0.131. The van der Waals surface area contributed by atoms with Crippen molar-refractivity contribution in [1.82, 2.24) is 15.1 Å². The summed E-state index contributed by atoms with van der Waals surface area (Å²) >= 11 is 0. The van der Waals surface area contributed by atoms with E-state index < -0.39 is 0 Å². The van der Waals surface area contributed by atoms with Crippen molar-refractivity contribution < 1.29 is 19.1 Å². The maximum Gasteiger partial charge on any atom is 0.409 e. The maximum absolute atomic E-state index is 12.6. The van der Waals surface area contributed by atoms with Gasteiger partial charge in [0, 0.05) is 44.7 Å². The van der Waals surface area contributed by atoms with E-state index in [1.165, 1.54) is 0 Å². The molecule has 0 spiro atoms. The highest BCUT2D eigenvalue weighted by Gasteiger charge is 2.27. The number of nitrogens with one attached hydrogen (secondary N) is 1. The zero-order chi connectivity index (χ0) is 20.6. The van der Waals surface area contributed by atoms with E-state index in [0.29, 0.717) is 31.7 Å². The van der Waals surface area contributed by atoms with Gasteiger partial charge < -0.3 is 24.6 Å². The summed E-state index contributed by atoms with van der Waals surface area (Å²) in [6.45, 7) is 5.12. The van der Waals surface area contributed by atoms with Crippen LogP contribution in [0.3, 0.4) is 0 Å². The van der Waals surface area contributed by atoms with Gasteiger partial charge >= 0.3 is 6.09 Å². The summed E-state index contributed by atoms with van der Waals surface area (Å²) in [6, 6.07) is 8.65. The molecule has 2 aliphatic rings. The van der Waals surface area contributed by atoms with E-state index in [1.807, 2.05) is 36.1 Å². The summed E-state index contributed by atoms with van der Waals surface area (Å²) in [5.41, 5.74) is 1.12. The average molecular weight is 404 g/mol. The van der Waals surface area contributed by atoms with Crippen LogP contribution >= 0.6 is 0 Å². The van der Waals surface area contributed by atoms with Crippen LogP contribution in [0.15, 0.2) is 24.3 Å². The van der Waals surface area contributed by atoms with Crippen molar-refractivity contribution in [3.05, 3.63) is 29.8 Å². The minimum absolute atomic E-state index is 0.208. The zero-order valence-electron chi connectivity index (χ0n) is 17.6. The maximum atomic E-state index is 12.6. The summed E-state index contributed by atoms with van der Waals surface area (Å²) in [5.74, 6) is 1.05. The normalized spacial score (nSPS) is 21.0. The summed E-state index contributed by atoms with van der Waals surface area (Å²) in [6.07, 6.45) is 4.06. The van der Waals surface area contributed by atoms with Crippen LogP contribution in [0.1, 0.15) is 44.6 Å². The Morgan fingerprint density at radius 2 is 1.72 bits per heavy atom. The number of likely N-dealkylation sites (tertiary alicyclic amines) is 2. The zero-order valence-corrected chi connectivity index (χ0v) is 17.6. The third-order valence-corrected chi connectivity index (χ3v) is 5.83. The third-order valence-electron chi connectivity index (χ3n) is 5.83. The van der Waals surface area contributed by atoms with Crippen LogP contribution in [-0.2, 0) is 16.1 Å². The molecule has 2 fully saturated rings. The van der Waals surface area contributed by atoms with Gasteiger partial charge in [-0.25, -0.2) is 4.79 Å². The number of hydrogen-bond acceptors (Lipinski definition) is 5. The molecule has 0 aromatic heterocycles. The number of rotatable bonds is 6. The predicted molar refractivity (Wildman–Crippen MR) is 111 cm³/mol. The van der Waals surface area contributed by atoms with Gasteiger partial charge in [0.15, 0.2) is 0 Å². The minimum atomic E-state index is -0.208. The molecule has 0 bridgehead atoms. The van der Waals surface area contributed by atoms with Gasteiger partial charge in [0.25, 0.3) is 0 Å². The van der Waals surface area contributed by atoms with Crippen LogP contribution in [0.2, 0.25) is 0 Å². The van der Waals surface area contributed by atoms with E-state index in [0.717, 1.165) is 56.6 Å². The monoisotopic (exact) mass is 403 g/mol. The first-order valence-electron chi connectivity index (χ1n) is 10.7. The first-order valence-corrected chi connectivity index (χ1v) is 10.7. The van der Waals surface area contributed by atoms with E-state index in [2.05, 4.69) is 5.32 Å². The van der Waals surface area contributed by atoms with Gasteiger partial charge in [0.2, 0.25) is 5.91 Å². The van der Waals surface area contributed by atoms with Crippen molar-refractivity contribution in [2.24, 2.45) is 0 Å². The Bertz CT molecular complexity index is 671. The smallest absolute Gasteiger partial charge is 0.409 e. The molecule has 2 aliphatic heterocycles. The van der Waals surface area contributed by atoms with Crippen LogP contribution in [0.25, 0.3) is 0 Å². The van der Waals surface area contributed by atoms with E-state index in [1.54, 1.807) is 12.0 Å². The van der Waals surface area contributed by atoms with Gasteiger partial charge in [-0.05, 0) is 50.3 Å². The van der Waals surface area contributed by atoms with Crippen LogP contribution in [0.5, 0.6) is 5.75 Å². The largest absolute Gasteiger partial charge is 0.497 e. The number of nitrogens with zero attached hydrogens (tertiary/aromatic N) is 2. The summed E-state index contributed by atoms with van der Waals surface area (Å²) < 4.78 is 10.3. The van der Waals surface area contributed by atoms with E-state index in [4.69, 9.17) is 9.47 Å². The minimum Gasteiger partial charge on any atom is -0.497 e. The number of ether oxygens (including phenoxy) is 2. The van der Waals surface area contributed by atoms with Crippen LogP contribution in [0, 0.1) is 0 Å². The highest BCUT2D eigenvalue weighted by atomic mass is 16.6. The van der Waals surface area contributed by atoms with Crippen LogP contribution < -0.4 is 10.1 Å². The van der Waals surface area contributed by atoms with Crippen molar-refractivity contribution in [2.75, 3.05) is 33.4 Å². The first-order chi connectivity index (χ1) is 14.1. The number of hydrogen-bond donors (Lipinski definition) is 1. The average Bonchev–Trinajstić information content (AvgIpc) is 2.91. The molecule has 2 amide bonds. The Labute approximate surface area is 173 Å². The van der Waals surface area contributed by atoms with Gasteiger partial charge in [-0.1, -0.05) is 12.1 Å². The molecule has 0 unspecified atom stereocenters. The van der Waals surface area contributed by atoms with E-state index in [9.17, 15) is 9.59 Å². The number of carbonyl (C=O) groups is 2. The Morgan fingerprint density at radius 1 is 1.07 bits per heavy atom. The molecule has 0 radical (unpaired) electrons. The molecular weight excluding hydrogens is 370 g/mol. The highest BCUT2D eigenvalue weighted by molar-refractivity contribution is 5.76. The SMILES string of the molecule is CCOC(=O)N1CCC(N[C@H]2CCC(=O)N(Cc3ccc(OC)cc3)CC2)CC1. The van der Waals surface area contributed by atoms with E-state index >= 15 is 0 Å². The predicted octanol–water partition coefficient (Wildman–Crippen LogP) is 2.79. The van der Waals surface area contributed by atoms with Crippen LogP contribution in [-0.4, -0.2) is 67.2 Å². The first kappa shape index (κ1) is 21.4. The van der Waals surface area contributed by atoms with Crippen molar-refractivity contribution in [3.8, 4) is 5.75 Å². The Balaban J connectivity index is 1.45. The molecule has 29 heavy (non-hydrogen) atoms. The Hall–Kier alpha value is -2.28. The molecule has 2 heterocycles. The molecule has 1 N–H and O–H groups in total. The molecule has 2 saturated heterocycles. The Morgan fingerprint density at radius 3 is 2.38 bits per heavy atom. The molecule has 3 rings (SSSR count).